The fourth-order valence-corrected chi connectivity index (χ4v) is 1.99. The second kappa shape index (κ2) is 5.80. The molecule has 3 N–H and O–H groups in total. The highest BCUT2D eigenvalue weighted by Gasteiger charge is 2.17. The molecule has 1 aromatic rings. The van der Waals surface area contributed by atoms with Gasteiger partial charge in [0.2, 0.25) is 0 Å². The second-order valence-electron chi connectivity index (χ2n) is 4.36. The Bertz CT molecular complexity index is 370. The molecule has 1 amide bonds. The number of nitrogens with one attached hydrogen (secondary N) is 1. The van der Waals surface area contributed by atoms with Crippen LogP contribution in [0.25, 0.3) is 0 Å². The van der Waals surface area contributed by atoms with Gasteiger partial charge in [-0.05, 0) is 30.5 Å². The summed E-state index contributed by atoms with van der Waals surface area (Å²) in [5, 5.41) is 0. The van der Waals surface area contributed by atoms with Crippen molar-refractivity contribution in [2.24, 2.45) is 5.73 Å². The van der Waals surface area contributed by atoms with Gasteiger partial charge in [0.25, 0.3) is 5.91 Å². The van der Waals surface area contributed by atoms with Crippen molar-refractivity contribution in [2.45, 2.75) is 38.3 Å². The van der Waals surface area contributed by atoms with Gasteiger partial charge in [-0.2, -0.15) is 0 Å². The molecule has 0 aliphatic heterocycles. The standard InChI is InChI=1S/C13H18N2O2/c14-9-10-5-7-11(8-6-10)13(16)15-17-12-3-1-2-4-12/h5-8,12H,1-4,9,14H2,(H,15,16). The van der Waals surface area contributed by atoms with Gasteiger partial charge in [0, 0.05) is 12.1 Å². The molecule has 1 fully saturated rings. The molecule has 0 radical (unpaired) electrons. The van der Waals surface area contributed by atoms with E-state index in [0.717, 1.165) is 18.4 Å². The van der Waals surface area contributed by atoms with E-state index in [9.17, 15) is 4.79 Å². The van der Waals surface area contributed by atoms with Crippen molar-refractivity contribution >= 4 is 5.91 Å². The second-order valence-corrected chi connectivity index (χ2v) is 4.36. The molecule has 1 aromatic carbocycles. The Morgan fingerprint density at radius 3 is 2.53 bits per heavy atom. The van der Waals surface area contributed by atoms with Crippen LogP contribution in [0, 0.1) is 0 Å². The van der Waals surface area contributed by atoms with Crippen LogP contribution < -0.4 is 11.2 Å². The molecular formula is C13H18N2O2. The maximum absolute atomic E-state index is 11.7. The first-order chi connectivity index (χ1) is 8.29. The average molecular weight is 234 g/mol. The van der Waals surface area contributed by atoms with E-state index in [0.29, 0.717) is 12.1 Å². The van der Waals surface area contributed by atoms with Crippen LogP contribution in [0.2, 0.25) is 0 Å². The van der Waals surface area contributed by atoms with Crippen LogP contribution in [0.5, 0.6) is 0 Å². The third-order valence-corrected chi connectivity index (χ3v) is 3.07. The topological polar surface area (TPSA) is 64.4 Å². The van der Waals surface area contributed by atoms with Crippen molar-refractivity contribution < 1.29 is 9.63 Å². The van der Waals surface area contributed by atoms with E-state index < -0.39 is 0 Å². The molecule has 1 aliphatic rings. The van der Waals surface area contributed by atoms with Crippen LogP contribution in [0.4, 0.5) is 0 Å². The maximum Gasteiger partial charge on any atom is 0.274 e. The van der Waals surface area contributed by atoms with Crippen molar-refractivity contribution in [3.05, 3.63) is 35.4 Å². The Morgan fingerprint density at radius 1 is 1.29 bits per heavy atom. The van der Waals surface area contributed by atoms with Crippen molar-refractivity contribution in [1.29, 1.82) is 0 Å². The summed E-state index contributed by atoms with van der Waals surface area (Å²) in [6.07, 6.45) is 4.62. The maximum atomic E-state index is 11.7. The van der Waals surface area contributed by atoms with Crippen LogP contribution in [0.15, 0.2) is 24.3 Å². The van der Waals surface area contributed by atoms with Crippen LogP contribution in [0.3, 0.4) is 0 Å². The molecule has 0 heterocycles. The average Bonchev–Trinajstić information content (AvgIpc) is 2.89. The highest BCUT2D eigenvalue weighted by atomic mass is 16.7. The van der Waals surface area contributed by atoms with Gasteiger partial charge >= 0.3 is 0 Å². The number of carbonyl (C=O) groups is 1. The molecule has 1 saturated carbocycles. The molecule has 1 aliphatic carbocycles. The van der Waals surface area contributed by atoms with Crippen LogP contribution in [-0.4, -0.2) is 12.0 Å². The van der Waals surface area contributed by atoms with Gasteiger partial charge in [-0.25, -0.2) is 5.48 Å². The molecule has 0 aromatic heterocycles. The van der Waals surface area contributed by atoms with E-state index in [1.54, 1.807) is 12.1 Å². The molecule has 0 saturated heterocycles. The van der Waals surface area contributed by atoms with Crippen LogP contribution >= 0.6 is 0 Å². The van der Waals surface area contributed by atoms with Crippen molar-refractivity contribution in [1.82, 2.24) is 5.48 Å². The van der Waals surface area contributed by atoms with Crippen LogP contribution in [-0.2, 0) is 11.4 Å². The van der Waals surface area contributed by atoms with Crippen LogP contribution in [0.1, 0.15) is 41.6 Å². The number of hydrogen-bond acceptors (Lipinski definition) is 3. The lowest BCUT2D eigenvalue weighted by atomic mass is 10.1. The Morgan fingerprint density at radius 2 is 1.94 bits per heavy atom. The zero-order chi connectivity index (χ0) is 12.1. The largest absolute Gasteiger partial charge is 0.326 e. The summed E-state index contributed by atoms with van der Waals surface area (Å²) < 4.78 is 0. The van der Waals surface area contributed by atoms with Gasteiger partial charge in [-0.3, -0.25) is 9.63 Å². The number of hydroxylamine groups is 1. The summed E-state index contributed by atoms with van der Waals surface area (Å²) in [4.78, 5) is 17.1. The molecule has 2 rings (SSSR count). The Labute approximate surface area is 101 Å². The third-order valence-electron chi connectivity index (χ3n) is 3.07. The number of carbonyl (C=O) groups excluding carboxylic acids is 1. The first-order valence-electron chi connectivity index (χ1n) is 6.04. The number of nitrogens with two attached hydrogens (primary N) is 1. The predicted molar refractivity (Wildman–Crippen MR) is 65.1 cm³/mol. The van der Waals surface area contributed by atoms with Gasteiger partial charge in [0.05, 0.1) is 6.10 Å². The van der Waals surface area contributed by atoms with E-state index in [1.165, 1.54) is 12.8 Å². The first-order valence-corrected chi connectivity index (χ1v) is 6.04. The van der Waals surface area contributed by atoms with E-state index >= 15 is 0 Å². The summed E-state index contributed by atoms with van der Waals surface area (Å²) in [5.74, 6) is -0.194. The highest BCUT2D eigenvalue weighted by Crippen LogP contribution is 2.19. The lowest BCUT2D eigenvalue weighted by molar-refractivity contribution is -0.0124. The molecule has 92 valence electrons. The molecule has 0 unspecified atom stereocenters. The van der Waals surface area contributed by atoms with Gasteiger partial charge < -0.3 is 5.73 Å². The fourth-order valence-electron chi connectivity index (χ4n) is 1.99. The number of benzene rings is 1. The molecule has 4 heteroatoms. The first kappa shape index (κ1) is 12.1. The van der Waals surface area contributed by atoms with Crippen molar-refractivity contribution in [3.8, 4) is 0 Å². The Balaban J connectivity index is 1.85. The Kier molecular flexibility index (Phi) is 4.12. The summed E-state index contributed by atoms with van der Waals surface area (Å²) >= 11 is 0. The smallest absolute Gasteiger partial charge is 0.274 e. The molecule has 0 spiro atoms. The fraction of sp³-hybridized carbons (Fsp3) is 0.462. The zero-order valence-corrected chi connectivity index (χ0v) is 9.82. The molecule has 17 heavy (non-hydrogen) atoms. The lowest BCUT2D eigenvalue weighted by Gasteiger charge is -2.11. The lowest BCUT2D eigenvalue weighted by Crippen LogP contribution is -2.28. The van der Waals surface area contributed by atoms with Gasteiger partial charge in [0.15, 0.2) is 0 Å². The minimum atomic E-state index is -0.194. The van der Waals surface area contributed by atoms with E-state index in [4.69, 9.17) is 10.6 Å². The third kappa shape index (κ3) is 3.28. The Hall–Kier alpha value is -1.39. The van der Waals surface area contributed by atoms with Crippen molar-refractivity contribution in [2.75, 3.05) is 0 Å². The zero-order valence-electron chi connectivity index (χ0n) is 9.82. The summed E-state index contributed by atoms with van der Waals surface area (Å²) in [7, 11) is 0. The molecule has 0 bridgehead atoms. The minimum Gasteiger partial charge on any atom is -0.326 e. The van der Waals surface area contributed by atoms with Gasteiger partial charge in [0.1, 0.15) is 0 Å². The normalized spacial score (nSPS) is 16.1. The van der Waals surface area contributed by atoms with E-state index in [-0.39, 0.29) is 12.0 Å². The molecular weight excluding hydrogens is 216 g/mol. The number of rotatable bonds is 4. The van der Waals surface area contributed by atoms with E-state index in [1.807, 2.05) is 12.1 Å². The number of hydrogen-bond donors (Lipinski definition) is 2. The van der Waals surface area contributed by atoms with Crippen molar-refractivity contribution in [3.63, 3.8) is 0 Å². The predicted octanol–water partition coefficient (Wildman–Crippen LogP) is 1.75. The highest BCUT2D eigenvalue weighted by molar-refractivity contribution is 5.93. The molecule has 4 nitrogen and oxygen atoms in total. The summed E-state index contributed by atoms with van der Waals surface area (Å²) in [6.45, 7) is 0.487. The molecule has 0 atom stereocenters. The van der Waals surface area contributed by atoms with Gasteiger partial charge in [-0.15, -0.1) is 0 Å². The minimum absolute atomic E-state index is 0.183. The SMILES string of the molecule is NCc1ccc(C(=O)NOC2CCCC2)cc1. The summed E-state index contributed by atoms with van der Waals surface area (Å²) in [5.41, 5.74) is 9.61. The summed E-state index contributed by atoms with van der Waals surface area (Å²) in [6, 6.07) is 7.22. The number of amides is 1. The van der Waals surface area contributed by atoms with Gasteiger partial charge in [-0.1, -0.05) is 25.0 Å². The van der Waals surface area contributed by atoms with E-state index in [2.05, 4.69) is 5.48 Å². The monoisotopic (exact) mass is 234 g/mol. The quantitative estimate of drug-likeness (QED) is 0.780.